The molecule has 0 aromatic heterocycles. The number of halogens is 1. The number of hydrogen-bond donors (Lipinski definition) is 1. The van der Waals surface area contributed by atoms with Crippen molar-refractivity contribution >= 4 is 0 Å². The topological polar surface area (TPSA) is 23.5 Å². The van der Waals surface area contributed by atoms with Gasteiger partial charge in [-0.15, -0.1) is 0 Å². The first-order valence-electron chi connectivity index (χ1n) is 7.36. The largest absolute Gasteiger partial charge is 0.395 e. The van der Waals surface area contributed by atoms with E-state index in [0.29, 0.717) is 18.7 Å². The zero-order valence-electron chi connectivity index (χ0n) is 12.4. The van der Waals surface area contributed by atoms with Crippen LogP contribution in [0, 0.1) is 5.82 Å². The van der Waals surface area contributed by atoms with Gasteiger partial charge in [0.2, 0.25) is 0 Å². The Kier molecular flexibility index (Phi) is 5.90. The van der Waals surface area contributed by atoms with E-state index in [0.717, 1.165) is 6.42 Å². The average Bonchev–Trinajstić information content (AvgIpc) is 2.51. The van der Waals surface area contributed by atoms with Crippen molar-refractivity contribution in [3.8, 4) is 0 Å². The lowest BCUT2D eigenvalue weighted by atomic mass is 10.1. The Labute approximate surface area is 125 Å². The van der Waals surface area contributed by atoms with Gasteiger partial charge in [0.25, 0.3) is 0 Å². The predicted molar refractivity (Wildman–Crippen MR) is 83.3 cm³/mol. The molecule has 0 aliphatic rings. The summed E-state index contributed by atoms with van der Waals surface area (Å²) < 4.78 is 13.9. The Morgan fingerprint density at radius 3 is 2.29 bits per heavy atom. The minimum Gasteiger partial charge on any atom is -0.395 e. The fourth-order valence-corrected chi connectivity index (χ4v) is 2.48. The molecule has 2 aromatic carbocycles. The van der Waals surface area contributed by atoms with Crippen molar-refractivity contribution in [1.29, 1.82) is 0 Å². The number of benzene rings is 2. The molecule has 0 radical (unpaired) electrons. The molecule has 0 spiro atoms. The second-order valence-electron chi connectivity index (χ2n) is 5.23. The van der Waals surface area contributed by atoms with Gasteiger partial charge in [-0.1, -0.05) is 55.5 Å². The van der Waals surface area contributed by atoms with Crippen LogP contribution in [0.5, 0.6) is 0 Å². The molecule has 0 fully saturated rings. The highest BCUT2D eigenvalue weighted by atomic mass is 19.1. The Morgan fingerprint density at radius 1 is 1.00 bits per heavy atom. The minimum absolute atomic E-state index is 0.0322. The fourth-order valence-electron chi connectivity index (χ4n) is 2.48. The standard InChI is InChI=1S/C18H22FNO/c1-2-17(14-21)20(12-15-8-4-3-5-9-15)13-16-10-6-7-11-18(16)19/h3-11,17,21H,2,12-14H2,1H3/t17-/m0/s1. The van der Waals surface area contributed by atoms with Gasteiger partial charge in [0, 0.05) is 24.7 Å². The number of rotatable bonds is 7. The molecule has 0 aliphatic carbocycles. The molecular weight excluding hydrogens is 265 g/mol. The fraction of sp³-hybridized carbons (Fsp3) is 0.333. The summed E-state index contributed by atoms with van der Waals surface area (Å²) in [6.45, 7) is 3.33. The lowest BCUT2D eigenvalue weighted by Crippen LogP contribution is -2.36. The van der Waals surface area contributed by atoms with Crippen molar-refractivity contribution in [3.05, 3.63) is 71.5 Å². The van der Waals surface area contributed by atoms with Crippen LogP contribution in [-0.4, -0.2) is 22.7 Å². The summed E-state index contributed by atoms with van der Waals surface area (Å²) in [4.78, 5) is 2.13. The van der Waals surface area contributed by atoms with Gasteiger partial charge in [-0.2, -0.15) is 0 Å². The van der Waals surface area contributed by atoms with E-state index in [-0.39, 0.29) is 18.5 Å². The Morgan fingerprint density at radius 2 is 1.67 bits per heavy atom. The van der Waals surface area contributed by atoms with Gasteiger partial charge in [-0.05, 0) is 18.1 Å². The molecule has 1 atom stereocenters. The first-order valence-corrected chi connectivity index (χ1v) is 7.36. The lowest BCUT2D eigenvalue weighted by molar-refractivity contribution is 0.105. The second-order valence-corrected chi connectivity index (χ2v) is 5.23. The quantitative estimate of drug-likeness (QED) is 0.841. The summed E-state index contributed by atoms with van der Waals surface area (Å²) in [6, 6.07) is 16.9. The van der Waals surface area contributed by atoms with Crippen molar-refractivity contribution in [3.63, 3.8) is 0 Å². The number of nitrogens with zero attached hydrogens (tertiary/aromatic N) is 1. The Balaban J connectivity index is 2.18. The molecule has 21 heavy (non-hydrogen) atoms. The maximum Gasteiger partial charge on any atom is 0.127 e. The third-order valence-electron chi connectivity index (χ3n) is 3.76. The molecule has 0 aliphatic heterocycles. The highest BCUT2D eigenvalue weighted by molar-refractivity contribution is 5.18. The highest BCUT2D eigenvalue weighted by Crippen LogP contribution is 2.17. The molecule has 0 unspecified atom stereocenters. The number of hydrogen-bond acceptors (Lipinski definition) is 2. The SMILES string of the molecule is CC[C@@H](CO)N(Cc1ccccc1)Cc1ccccc1F. The van der Waals surface area contributed by atoms with E-state index in [2.05, 4.69) is 17.0 Å². The van der Waals surface area contributed by atoms with Crippen molar-refractivity contribution in [2.75, 3.05) is 6.61 Å². The molecular formula is C18H22FNO. The van der Waals surface area contributed by atoms with E-state index >= 15 is 0 Å². The third kappa shape index (κ3) is 4.38. The monoisotopic (exact) mass is 287 g/mol. The van der Waals surface area contributed by atoms with Crippen LogP contribution in [0.3, 0.4) is 0 Å². The van der Waals surface area contributed by atoms with E-state index in [1.54, 1.807) is 12.1 Å². The molecule has 0 amide bonds. The predicted octanol–water partition coefficient (Wildman–Crippen LogP) is 3.60. The molecule has 0 saturated heterocycles. The van der Waals surface area contributed by atoms with E-state index in [1.807, 2.05) is 31.2 Å². The zero-order valence-corrected chi connectivity index (χ0v) is 12.4. The Bertz CT molecular complexity index is 540. The van der Waals surface area contributed by atoms with Gasteiger partial charge in [0.1, 0.15) is 5.82 Å². The summed E-state index contributed by atoms with van der Waals surface area (Å²) in [5.74, 6) is -0.191. The molecule has 1 N–H and O–H groups in total. The molecule has 0 bridgehead atoms. The molecule has 112 valence electrons. The maximum absolute atomic E-state index is 13.9. The number of aliphatic hydroxyl groups excluding tert-OH is 1. The Hall–Kier alpha value is -1.71. The minimum atomic E-state index is -0.191. The molecule has 2 nitrogen and oxygen atoms in total. The molecule has 2 aromatic rings. The van der Waals surface area contributed by atoms with Crippen molar-refractivity contribution in [1.82, 2.24) is 4.90 Å². The molecule has 2 rings (SSSR count). The summed E-state index contributed by atoms with van der Waals surface area (Å²) in [6.07, 6.45) is 0.831. The van der Waals surface area contributed by atoms with Gasteiger partial charge in [-0.25, -0.2) is 4.39 Å². The second kappa shape index (κ2) is 7.91. The van der Waals surface area contributed by atoms with E-state index in [4.69, 9.17) is 0 Å². The lowest BCUT2D eigenvalue weighted by Gasteiger charge is -2.30. The van der Waals surface area contributed by atoms with E-state index < -0.39 is 0 Å². The van der Waals surface area contributed by atoms with Crippen LogP contribution < -0.4 is 0 Å². The van der Waals surface area contributed by atoms with Gasteiger partial charge in [-0.3, -0.25) is 4.90 Å². The summed E-state index contributed by atoms with van der Waals surface area (Å²) in [5, 5.41) is 9.59. The van der Waals surface area contributed by atoms with E-state index in [9.17, 15) is 9.50 Å². The van der Waals surface area contributed by atoms with Crippen molar-refractivity contribution in [2.24, 2.45) is 0 Å². The van der Waals surface area contributed by atoms with Crippen LogP contribution in [0.25, 0.3) is 0 Å². The highest BCUT2D eigenvalue weighted by Gasteiger charge is 2.18. The van der Waals surface area contributed by atoms with Crippen LogP contribution in [-0.2, 0) is 13.1 Å². The molecule has 0 heterocycles. The van der Waals surface area contributed by atoms with Crippen molar-refractivity contribution < 1.29 is 9.50 Å². The maximum atomic E-state index is 13.9. The summed E-state index contributed by atoms with van der Waals surface area (Å²) >= 11 is 0. The zero-order chi connectivity index (χ0) is 15.1. The van der Waals surface area contributed by atoms with Gasteiger partial charge in [0.05, 0.1) is 6.61 Å². The normalized spacial score (nSPS) is 12.6. The van der Waals surface area contributed by atoms with Crippen LogP contribution in [0.1, 0.15) is 24.5 Å². The number of aliphatic hydroxyl groups is 1. The van der Waals surface area contributed by atoms with Gasteiger partial charge >= 0.3 is 0 Å². The summed E-state index contributed by atoms with van der Waals surface area (Å²) in [5.41, 5.74) is 1.83. The third-order valence-corrected chi connectivity index (χ3v) is 3.76. The van der Waals surface area contributed by atoms with Gasteiger partial charge in [0.15, 0.2) is 0 Å². The van der Waals surface area contributed by atoms with Crippen molar-refractivity contribution in [2.45, 2.75) is 32.5 Å². The van der Waals surface area contributed by atoms with Gasteiger partial charge < -0.3 is 5.11 Å². The van der Waals surface area contributed by atoms with E-state index in [1.165, 1.54) is 11.6 Å². The first kappa shape index (κ1) is 15.7. The first-order chi connectivity index (χ1) is 10.2. The smallest absolute Gasteiger partial charge is 0.127 e. The van der Waals surface area contributed by atoms with Crippen LogP contribution in [0.15, 0.2) is 54.6 Å². The van der Waals surface area contributed by atoms with Crippen LogP contribution in [0.4, 0.5) is 4.39 Å². The molecule has 0 saturated carbocycles. The van der Waals surface area contributed by atoms with Crippen LogP contribution in [0.2, 0.25) is 0 Å². The van der Waals surface area contributed by atoms with Crippen LogP contribution >= 0.6 is 0 Å². The average molecular weight is 287 g/mol. The summed E-state index contributed by atoms with van der Waals surface area (Å²) in [7, 11) is 0. The molecule has 3 heteroatoms.